The second-order valence-corrected chi connectivity index (χ2v) is 5.16. The standard InChI is InChI=1S/C13H8F3N3S/c14-8-4-7(5-9(15)12(8)16)18-13-19-10-2-1-6(17)3-11(10)20-13/h1-5H,17H2,(H,18,19). The number of nitrogen functional groups attached to an aromatic ring is 1. The number of hydrogen-bond acceptors (Lipinski definition) is 4. The Bertz CT molecular complexity index is 778. The Kier molecular flexibility index (Phi) is 2.98. The Hall–Kier alpha value is -2.28. The highest BCUT2D eigenvalue weighted by atomic mass is 32.1. The molecule has 0 bridgehead atoms. The van der Waals surface area contributed by atoms with E-state index in [0.29, 0.717) is 10.8 Å². The van der Waals surface area contributed by atoms with Crippen LogP contribution in [0, 0.1) is 17.5 Å². The van der Waals surface area contributed by atoms with Crippen molar-refractivity contribution in [1.82, 2.24) is 4.98 Å². The highest BCUT2D eigenvalue weighted by Gasteiger charge is 2.12. The average Bonchev–Trinajstić information content (AvgIpc) is 2.77. The SMILES string of the molecule is Nc1ccc2nc(Nc3cc(F)c(F)c(F)c3)sc2c1. The van der Waals surface area contributed by atoms with E-state index < -0.39 is 17.5 Å². The maximum absolute atomic E-state index is 13.1. The summed E-state index contributed by atoms with van der Waals surface area (Å²) in [5.41, 5.74) is 7.07. The Morgan fingerprint density at radius 3 is 2.45 bits per heavy atom. The summed E-state index contributed by atoms with van der Waals surface area (Å²) in [5.74, 6) is -4.00. The molecule has 1 aromatic heterocycles. The molecule has 0 aliphatic carbocycles. The molecule has 20 heavy (non-hydrogen) atoms. The number of rotatable bonds is 2. The van der Waals surface area contributed by atoms with Gasteiger partial charge in [-0.15, -0.1) is 0 Å². The number of hydrogen-bond donors (Lipinski definition) is 2. The quantitative estimate of drug-likeness (QED) is 0.554. The number of thiazole rings is 1. The first-order valence-corrected chi connectivity index (χ1v) is 6.42. The van der Waals surface area contributed by atoms with Gasteiger partial charge in [0.25, 0.3) is 0 Å². The summed E-state index contributed by atoms with van der Waals surface area (Å²) in [6.45, 7) is 0. The lowest BCUT2D eigenvalue weighted by Crippen LogP contribution is -1.95. The molecule has 7 heteroatoms. The molecule has 0 saturated heterocycles. The lowest BCUT2D eigenvalue weighted by molar-refractivity contribution is 0.448. The highest BCUT2D eigenvalue weighted by Crippen LogP contribution is 2.30. The van der Waals surface area contributed by atoms with E-state index in [9.17, 15) is 13.2 Å². The molecule has 0 fully saturated rings. The number of nitrogens with two attached hydrogens (primary N) is 1. The normalized spacial score (nSPS) is 10.9. The van der Waals surface area contributed by atoms with E-state index >= 15 is 0 Å². The van der Waals surface area contributed by atoms with Crippen LogP contribution < -0.4 is 11.1 Å². The molecule has 3 aromatic rings. The van der Waals surface area contributed by atoms with E-state index in [4.69, 9.17) is 5.73 Å². The van der Waals surface area contributed by atoms with Gasteiger partial charge in [0, 0.05) is 23.5 Å². The molecular formula is C13H8F3N3S. The van der Waals surface area contributed by atoms with Crippen molar-refractivity contribution < 1.29 is 13.2 Å². The molecule has 0 atom stereocenters. The summed E-state index contributed by atoms with van der Waals surface area (Å²) < 4.78 is 39.9. The van der Waals surface area contributed by atoms with Crippen LogP contribution in [0.1, 0.15) is 0 Å². The van der Waals surface area contributed by atoms with Gasteiger partial charge in [-0.1, -0.05) is 11.3 Å². The van der Waals surface area contributed by atoms with E-state index in [1.165, 1.54) is 11.3 Å². The van der Waals surface area contributed by atoms with Crippen molar-refractivity contribution in [2.75, 3.05) is 11.1 Å². The minimum Gasteiger partial charge on any atom is -0.399 e. The molecule has 3 nitrogen and oxygen atoms in total. The minimum atomic E-state index is -1.49. The van der Waals surface area contributed by atoms with Crippen LogP contribution in [0.3, 0.4) is 0 Å². The van der Waals surface area contributed by atoms with E-state index in [2.05, 4.69) is 10.3 Å². The largest absolute Gasteiger partial charge is 0.399 e. The first kappa shape index (κ1) is 12.7. The number of fused-ring (bicyclic) bond motifs is 1. The average molecular weight is 295 g/mol. The fraction of sp³-hybridized carbons (Fsp3) is 0. The zero-order valence-corrected chi connectivity index (χ0v) is 10.8. The van der Waals surface area contributed by atoms with Crippen molar-refractivity contribution in [1.29, 1.82) is 0 Å². The molecule has 2 aromatic carbocycles. The van der Waals surface area contributed by atoms with E-state index in [0.717, 1.165) is 22.3 Å². The highest BCUT2D eigenvalue weighted by molar-refractivity contribution is 7.22. The van der Waals surface area contributed by atoms with Crippen molar-refractivity contribution in [2.45, 2.75) is 0 Å². The van der Waals surface area contributed by atoms with E-state index in [1.807, 2.05) is 0 Å². The molecule has 0 unspecified atom stereocenters. The van der Waals surface area contributed by atoms with E-state index in [-0.39, 0.29) is 5.69 Å². The van der Waals surface area contributed by atoms with Gasteiger partial charge in [-0.2, -0.15) is 0 Å². The predicted molar refractivity (Wildman–Crippen MR) is 73.6 cm³/mol. The predicted octanol–water partition coefficient (Wildman–Crippen LogP) is 4.04. The van der Waals surface area contributed by atoms with Gasteiger partial charge in [-0.3, -0.25) is 0 Å². The van der Waals surface area contributed by atoms with Crippen LogP contribution in [0.2, 0.25) is 0 Å². The molecular weight excluding hydrogens is 287 g/mol. The van der Waals surface area contributed by atoms with Gasteiger partial charge in [0.15, 0.2) is 22.6 Å². The molecule has 0 amide bonds. The lowest BCUT2D eigenvalue weighted by Gasteiger charge is -2.03. The molecule has 0 saturated carbocycles. The van der Waals surface area contributed by atoms with Crippen LogP contribution in [-0.4, -0.2) is 4.98 Å². The van der Waals surface area contributed by atoms with Gasteiger partial charge in [0.1, 0.15) is 0 Å². The molecule has 0 spiro atoms. The second kappa shape index (κ2) is 4.68. The lowest BCUT2D eigenvalue weighted by atomic mass is 10.3. The van der Waals surface area contributed by atoms with Crippen molar-refractivity contribution in [2.24, 2.45) is 0 Å². The van der Waals surface area contributed by atoms with Gasteiger partial charge in [0.2, 0.25) is 0 Å². The molecule has 0 radical (unpaired) electrons. The zero-order chi connectivity index (χ0) is 14.3. The summed E-state index contributed by atoms with van der Waals surface area (Å²) in [5, 5.41) is 3.18. The Balaban J connectivity index is 1.96. The van der Waals surface area contributed by atoms with Crippen LogP contribution in [0.5, 0.6) is 0 Å². The molecule has 102 valence electrons. The summed E-state index contributed by atoms with van der Waals surface area (Å²) in [6.07, 6.45) is 0. The second-order valence-electron chi connectivity index (χ2n) is 4.13. The maximum Gasteiger partial charge on any atom is 0.194 e. The Morgan fingerprint density at radius 1 is 1.05 bits per heavy atom. The Morgan fingerprint density at radius 2 is 1.75 bits per heavy atom. The van der Waals surface area contributed by atoms with E-state index in [1.54, 1.807) is 18.2 Å². The Labute approximate surface area is 115 Å². The molecule has 1 heterocycles. The number of nitrogens with one attached hydrogen (secondary N) is 1. The topological polar surface area (TPSA) is 50.9 Å². The van der Waals surface area contributed by atoms with Crippen molar-refractivity contribution in [3.05, 3.63) is 47.8 Å². The third kappa shape index (κ3) is 2.27. The molecule has 3 N–H and O–H groups in total. The number of halogens is 3. The summed E-state index contributed by atoms with van der Waals surface area (Å²) in [7, 11) is 0. The number of anilines is 3. The number of benzene rings is 2. The van der Waals surface area contributed by atoms with Crippen LogP contribution in [0.15, 0.2) is 30.3 Å². The zero-order valence-electron chi connectivity index (χ0n) is 9.95. The fourth-order valence-electron chi connectivity index (χ4n) is 1.75. The van der Waals surface area contributed by atoms with Gasteiger partial charge >= 0.3 is 0 Å². The fourth-order valence-corrected chi connectivity index (χ4v) is 2.68. The molecule has 0 aliphatic rings. The maximum atomic E-state index is 13.1. The van der Waals surface area contributed by atoms with Crippen LogP contribution in [-0.2, 0) is 0 Å². The summed E-state index contributed by atoms with van der Waals surface area (Å²) >= 11 is 1.28. The third-order valence-corrected chi connectivity index (χ3v) is 3.58. The molecule has 3 rings (SSSR count). The minimum absolute atomic E-state index is 0.0911. The molecule has 0 aliphatic heterocycles. The number of aromatic nitrogens is 1. The van der Waals surface area contributed by atoms with Crippen molar-refractivity contribution in [3.8, 4) is 0 Å². The van der Waals surface area contributed by atoms with Gasteiger partial charge < -0.3 is 11.1 Å². The van der Waals surface area contributed by atoms with Gasteiger partial charge in [-0.25, -0.2) is 18.2 Å². The third-order valence-electron chi connectivity index (χ3n) is 2.65. The van der Waals surface area contributed by atoms with Crippen molar-refractivity contribution >= 4 is 38.1 Å². The monoisotopic (exact) mass is 295 g/mol. The van der Waals surface area contributed by atoms with Gasteiger partial charge in [0.05, 0.1) is 10.2 Å². The van der Waals surface area contributed by atoms with Gasteiger partial charge in [-0.05, 0) is 18.2 Å². The first-order valence-electron chi connectivity index (χ1n) is 5.60. The van der Waals surface area contributed by atoms with Crippen molar-refractivity contribution in [3.63, 3.8) is 0 Å². The van der Waals surface area contributed by atoms with Crippen LogP contribution in [0.4, 0.5) is 29.7 Å². The van der Waals surface area contributed by atoms with Crippen LogP contribution in [0.25, 0.3) is 10.2 Å². The first-order chi connectivity index (χ1) is 9.52. The summed E-state index contributed by atoms with van der Waals surface area (Å²) in [4.78, 5) is 4.24. The van der Waals surface area contributed by atoms with Crippen LogP contribution >= 0.6 is 11.3 Å². The number of nitrogens with zero attached hydrogens (tertiary/aromatic N) is 1. The summed E-state index contributed by atoms with van der Waals surface area (Å²) in [6, 6.07) is 6.96. The smallest absolute Gasteiger partial charge is 0.194 e.